The number of benzene rings is 2. The summed E-state index contributed by atoms with van der Waals surface area (Å²) in [6, 6.07) is 18.7. The van der Waals surface area contributed by atoms with E-state index in [9.17, 15) is 4.79 Å². The van der Waals surface area contributed by atoms with Crippen molar-refractivity contribution in [1.29, 1.82) is 0 Å². The summed E-state index contributed by atoms with van der Waals surface area (Å²) in [6.07, 6.45) is 4.43. The fourth-order valence-corrected chi connectivity index (χ4v) is 5.97. The van der Waals surface area contributed by atoms with Crippen molar-refractivity contribution < 1.29 is 4.79 Å². The van der Waals surface area contributed by atoms with Crippen LogP contribution in [-0.2, 0) is 6.54 Å². The predicted octanol–water partition coefficient (Wildman–Crippen LogP) is 5.41. The monoisotopic (exact) mass is 460 g/mol. The molecule has 2 aromatic carbocycles. The van der Waals surface area contributed by atoms with E-state index in [1.165, 1.54) is 24.0 Å². The second-order valence-electron chi connectivity index (χ2n) is 9.73. The van der Waals surface area contributed by atoms with E-state index in [0.29, 0.717) is 5.92 Å². The molecule has 1 saturated carbocycles. The van der Waals surface area contributed by atoms with Crippen molar-refractivity contribution in [3.63, 3.8) is 0 Å². The van der Waals surface area contributed by atoms with Crippen LogP contribution in [0.4, 0.5) is 0 Å². The lowest BCUT2D eigenvalue weighted by Crippen LogP contribution is -2.47. The Morgan fingerprint density at radius 1 is 1.00 bits per heavy atom. The van der Waals surface area contributed by atoms with Gasteiger partial charge in [0.2, 0.25) is 0 Å². The Hall–Kier alpha value is -2.63. The van der Waals surface area contributed by atoms with Crippen LogP contribution in [0.15, 0.2) is 54.6 Å². The number of nitrogens with zero attached hydrogens (tertiary/aromatic N) is 4. The summed E-state index contributed by atoms with van der Waals surface area (Å²) >= 11 is 6.17. The number of aryl methyl sites for hydroxylation is 1. The third-order valence-electron chi connectivity index (χ3n) is 7.45. The molecule has 2 aliphatic heterocycles. The summed E-state index contributed by atoms with van der Waals surface area (Å²) < 4.78 is 1.89. The van der Waals surface area contributed by atoms with Crippen LogP contribution >= 0.6 is 11.6 Å². The van der Waals surface area contributed by atoms with Gasteiger partial charge in [0.1, 0.15) is 5.69 Å². The molecule has 1 unspecified atom stereocenters. The van der Waals surface area contributed by atoms with Gasteiger partial charge in [-0.1, -0.05) is 41.9 Å². The molecule has 5 nitrogen and oxygen atoms in total. The second-order valence-corrected chi connectivity index (χ2v) is 10.2. The molecule has 2 fully saturated rings. The summed E-state index contributed by atoms with van der Waals surface area (Å²) in [7, 11) is 0. The largest absolute Gasteiger partial charge is 0.327 e. The summed E-state index contributed by atoms with van der Waals surface area (Å²) in [5.41, 5.74) is 5.17. The number of likely N-dealkylation sites (tertiary alicyclic amines) is 1. The van der Waals surface area contributed by atoms with Crippen molar-refractivity contribution >= 4 is 17.5 Å². The lowest BCUT2D eigenvalue weighted by atomic mass is 9.98. The van der Waals surface area contributed by atoms with Gasteiger partial charge in [0.25, 0.3) is 5.91 Å². The summed E-state index contributed by atoms with van der Waals surface area (Å²) in [5.74, 6) is 0.742. The van der Waals surface area contributed by atoms with Crippen LogP contribution in [-0.4, -0.2) is 44.6 Å². The minimum Gasteiger partial charge on any atom is -0.327 e. The van der Waals surface area contributed by atoms with Gasteiger partial charge in [-0.05, 0) is 68.4 Å². The van der Waals surface area contributed by atoms with Crippen LogP contribution in [0.5, 0.6) is 0 Å². The van der Waals surface area contributed by atoms with E-state index in [4.69, 9.17) is 16.7 Å². The fourth-order valence-electron chi connectivity index (χ4n) is 5.76. The van der Waals surface area contributed by atoms with Gasteiger partial charge in [-0.15, -0.1) is 0 Å². The number of rotatable bonds is 5. The molecule has 3 heterocycles. The Labute approximate surface area is 199 Å². The first-order valence-electron chi connectivity index (χ1n) is 12.0. The minimum atomic E-state index is 0.166. The van der Waals surface area contributed by atoms with Crippen molar-refractivity contribution in [2.45, 2.75) is 51.2 Å². The van der Waals surface area contributed by atoms with E-state index in [1.54, 1.807) is 0 Å². The van der Waals surface area contributed by atoms with Crippen molar-refractivity contribution in [2.75, 3.05) is 13.1 Å². The number of amides is 1. The van der Waals surface area contributed by atoms with Crippen molar-refractivity contribution in [3.05, 3.63) is 82.1 Å². The van der Waals surface area contributed by atoms with Crippen LogP contribution in [0.2, 0.25) is 5.02 Å². The van der Waals surface area contributed by atoms with Crippen molar-refractivity contribution in [2.24, 2.45) is 5.92 Å². The molecule has 0 spiro atoms. The highest BCUT2D eigenvalue weighted by atomic mass is 35.5. The van der Waals surface area contributed by atoms with Crippen LogP contribution in [0, 0.1) is 12.8 Å². The van der Waals surface area contributed by atoms with E-state index in [2.05, 4.69) is 28.9 Å². The van der Waals surface area contributed by atoms with Crippen LogP contribution in [0.25, 0.3) is 5.69 Å². The minimum absolute atomic E-state index is 0.166. The first-order valence-corrected chi connectivity index (χ1v) is 12.4. The van der Waals surface area contributed by atoms with Gasteiger partial charge in [0, 0.05) is 36.3 Å². The Morgan fingerprint density at radius 3 is 2.45 bits per heavy atom. The summed E-state index contributed by atoms with van der Waals surface area (Å²) in [5, 5.41) is 5.60. The lowest BCUT2D eigenvalue weighted by molar-refractivity contribution is 0.0448. The number of halogens is 1. The molecule has 170 valence electrons. The maximum atomic E-state index is 13.9. The van der Waals surface area contributed by atoms with Gasteiger partial charge in [0.05, 0.1) is 17.4 Å². The van der Waals surface area contributed by atoms with E-state index in [0.717, 1.165) is 54.6 Å². The van der Waals surface area contributed by atoms with E-state index < -0.39 is 0 Å². The molecule has 1 saturated heterocycles. The molecular formula is C27H29ClN4O. The molecule has 1 aromatic heterocycles. The molecular weight excluding hydrogens is 432 g/mol. The number of hydrogen-bond acceptors (Lipinski definition) is 3. The summed E-state index contributed by atoms with van der Waals surface area (Å²) in [6.45, 7) is 4.98. The SMILES string of the molecule is Cc1nn(-c2ccccc2)c2c1C(C1CC1)N(C1CCN(Cc3cccc(Cl)c3)CC1)C2=O. The average molecular weight is 461 g/mol. The molecule has 6 heteroatoms. The van der Waals surface area contributed by atoms with Crippen LogP contribution in [0.1, 0.15) is 59.0 Å². The molecule has 0 N–H and O–H groups in total. The maximum Gasteiger partial charge on any atom is 0.273 e. The maximum absolute atomic E-state index is 13.9. The lowest BCUT2D eigenvalue weighted by Gasteiger charge is -2.40. The molecule has 1 amide bonds. The van der Waals surface area contributed by atoms with Crippen molar-refractivity contribution in [1.82, 2.24) is 19.6 Å². The number of carbonyl (C=O) groups excluding carboxylic acids is 1. The van der Waals surface area contributed by atoms with E-state index in [-0.39, 0.29) is 18.0 Å². The molecule has 6 rings (SSSR count). The zero-order chi connectivity index (χ0) is 22.5. The molecule has 3 aliphatic rings. The fraction of sp³-hybridized carbons (Fsp3) is 0.407. The third-order valence-corrected chi connectivity index (χ3v) is 7.69. The van der Waals surface area contributed by atoms with Gasteiger partial charge < -0.3 is 4.90 Å². The average Bonchev–Trinajstić information content (AvgIpc) is 3.54. The van der Waals surface area contributed by atoms with Gasteiger partial charge in [-0.25, -0.2) is 4.68 Å². The predicted molar refractivity (Wildman–Crippen MR) is 130 cm³/mol. The topological polar surface area (TPSA) is 41.4 Å². The number of carbonyl (C=O) groups is 1. The van der Waals surface area contributed by atoms with Crippen molar-refractivity contribution in [3.8, 4) is 5.69 Å². The molecule has 3 aromatic rings. The zero-order valence-corrected chi connectivity index (χ0v) is 19.7. The zero-order valence-electron chi connectivity index (χ0n) is 19.0. The molecule has 0 radical (unpaired) electrons. The van der Waals surface area contributed by atoms with E-state index in [1.807, 2.05) is 47.1 Å². The number of fused-ring (bicyclic) bond motifs is 1. The van der Waals surface area contributed by atoms with Gasteiger partial charge >= 0.3 is 0 Å². The highest BCUT2D eigenvalue weighted by Crippen LogP contribution is 2.52. The smallest absolute Gasteiger partial charge is 0.273 e. The van der Waals surface area contributed by atoms with Gasteiger partial charge in [-0.2, -0.15) is 5.10 Å². The Kier molecular flexibility index (Phi) is 5.27. The Balaban J connectivity index is 1.24. The Morgan fingerprint density at radius 2 is 1.76 bits per heavy atom. The molecule has 1 aliphatic carbocycles. The third kappa shape index (κ3) is 3.77. The van der Waals surface area contributed by atoms with E-state index >= 15 is 0 Å². The Bertz CT molecular complexity index is 1180. The molecule has 1 atom stereocenters. The normalized spacial score (nSPS) is 21.6. The van der Waals surface area contributed by atoms with Crippen LogP contribution < -0.4 is 0 Å². The van der Waals surface area contributed by atoms with Gasteiger partial charge in [0.15, 0.2) is 0 Å². The first-order chi connectivity index (χ1) is 16.1. The molecule has 0 bridgehead atoms. The van der Waals surface area contributed by atoms with Crippen LogP contribution in [0.3, 0.4) is 0 Å². The highest BCUT2D eigenvalue weighted by Gasteiger charge is 2.51. The summed E-state index contributed by atoms with van der Waals surface area (Å²) in [4.78, 5) is 18.6. The van der Waals surface area contributed by atoms with Gasteiger partial charge in [-0.3, -0.25) is 9.69 Å². The highest BCUT2D eigenvalue weighted by molar-refractivity contribution is 6.30. The number of para-hydroxylation sites is 1. The number of piperidine rings is 1. The standard InChI is InChI=1S/C27H29ClN4O/c1-18-24-25(20-10-11-20)31(27(33)26(24)32(29-18)23-8-3-2-4-9-23)22-12-14-30(15-13-22)17-19-6-5-7-21(28)16-19/h2-9,16,20,22,25H,10-15,17H2,1H3. The quantitative estimate of drug-likeness (QED) is 0.511. The first kappa shape index (κ1) is 20.9. The number of hydrogen-bond donors (Lipinski definition) is 0. The number of aromatic nitrogens is 2. The molecule has 33 heavy (non-hydrogen) atoms. The second kappa shape index (κ2) is 8.30.